The molecule has 0 radical (unpaired) electrons. The zero-order valence-electron chi connectivity index (χ0n) is 18.2. The molecule has 1 fully saturated rings. The van der Waals surface area contributed by atoms with Gasteiger partial charge in [0.2, 0.25) is 5.91 Å². The van der Waals surface area contributed by atoms with E-state index in [1.165, 1.54) is 5.01 Å². The number of nitrogens with zero attached hydrogens (tertiary/aromatic N) is 3. The lowest BCUT2D eigenvalue weighted by molar-refractivity contribution is -0.137. The summed E-state index contributed by atoms with van der Waals surface area (Å²) in [6, 6.07) is 8.37. The van der Waals surface area contributed by atoms with E-state index in [0.717, 1.165) is 12.8 Å². The zero-order valence-corrected chi connectivity index (χ0v) is 18.2. The van der Waals surface area contributed by atoms with Gasteiger partial charge in [0.1, 0.15) is 17.4 Å². The van der Waals surface area contributed by atoms with Gasteiger partial charge in [-0.2, -0.15) is 5.10 Å². The molecule has 9 nitrogen and oxygen atoms in total. The van der Waals surface area contributed by atoms with Gasteiger partial charge >= 0.3 is 12.1 Å². The van der Waals surface area contributed by atoms with Crippen LogP contribution in [0.25, 0.3) is 0 Å². The highest BCUT2D eigenvalue weighted by Crippen LogP contribution is 2.25. The number of para-hydroxylation sites is 1. The minimum Gasteiger partial charge on any atom is -0.461 e. The first kappa shape index (κ1) is 22.6. The summed E-state index contributed by atoms with van der Waals surface area (Å²) in [5, 5.41) is 5.77. The minimum absolute atomic E-state index is 0.111. The number of carbonyl (C=O) groups excluding carboxylic acids is 3. The lowest BCUT2D eigenvalue weighted by Crippen LogP contribution is -2.42. The summed E-state index contributed by atoms with van der Waals surface area (Å²) < 4.78 is 10.9. The molecule has 1 saturated heterocycles. The third-order valence-corrected chi connectivity index (χ3v) is 5.21. The van der Waals surface area contributed by atoms with Gasteiger partial charge in [-0.15, -0.1) is 0 Å². The van der Waals surface area contributed by atoms with Crippen molar-refractivity contribution in [3.8, 4) is 0 Å². The van der Waals surface area contributed by atoms with Crippen LogP contribution < -0.4 is 10.7 Å². The number of rotatable bonds is 5. The summed E-state index contributed by atoms with van der Waals surface area (Å²) in [6.45, 7) is 6.87. The van der Waals surface area contributed by atoms with Gasteiger partial charge in [-0.05, 0) is 51.7 Å². The molecule has 0 bridgehead atoms. The van der Waals surface area contributed by atoms with Crippen LogP contribution in [0.15, 0.2) is 35.4 Å². The second kappa shape index (κ2) is 9.36. The van der Waals surface area contributed by atoms with Crippen LogP contribution in [0.3, 0.4) is 0 Å². The Hall–Kier alpha value is -3.10. The van der Waals surface area contributed by atoms with Crippen molar-refractivity contribution in [2.45, 2.75) is 51.7 Å². The molecule has 1 unspecified atom stereocenters. The van der Waals surface area contributed by atoms with Crippen LogP contribution in [0.5, 0.6) is 0 Å². The fraction of sp³-hybridized carbons (Fsp3) is 0.545. The lowest BCUT2D eigenvalue weighted by Gasteiger charge is -2.33. The maximum atomic E-state index is 12.5. The summed E-state index contributed by atoms with van der Waals surface area (Å²) in [6.07, 6.45) is 1.24. The van der Waals surface area contributed by atoms with E-state index in [4.69, 9.17) is 15.2 Å². The Morgan fingerprint density at radius 3 is 2.35 bits per heavy atom. The third kappa shape index (κ3) is 5.96. The van der Waals surface area contributed by atoms with E-state index < -0.39 is 23.5 Å². The molecule has 2 aliphatic heterocycles. The highest BCUT2D eigenvalue weighted by Gasteiger charge is 2.36. The molecule has 3 rings (SSSR count). The number of piperidine rings is 1. The molecule has 0 spiro atoms. The predicted octanol–water partition coefficient (Wildman–Crippen LogP) is 2.30. The van der Waals surface area contributed by atoms with Crippen molar-refractivity contribution in [1.29, 1.82) is 0 Å². The number of nitrogens with two attached hydrogens (primary N) is 1. The van der Waals surface area contributed by atoms with Gasteiger partial charge in [-0.3, -0.25) is 9.80 Å². The fourth-order valence-electron chi connectivity index (χ4n) is 3.56. The zero-order chi connectivity index (χ0) is 22.6. The maximum Gasteiger partial charge on any atom is 0.410 e. The molecule has 168 valence electrons. The first-order chi connectivity index (χ1) is 14.6. The number of likely N-dealkylation sites (tertiary alicyclic amines) is 1. The van der Waals surface area contributed by atoms with Crippen molar-refractivity contribution in [3.05, 3.63) is 30.3 Å². The summed E-state index contributed by atoms with van der Waals surface area (Å²) in [7, 11) is 0. The molecule has 1 aromatic carbocycles. The normalized spacial score (nSPS) is 19.7. The van der Waals surface area contributed by atoms with Crippen LogP contribution in [0.2, 0.25) is 0 Å². The summed E-state index contributed by atoms with van der Waals surface area (Å²) in [5.74, 6) is -0.939. The summed E-state index contributed by atoms with van der Waals surface area (Å²) >= 11 is 0. The number of hydrogen-bond donors (Lipinski definition) is 1. The van der Waals surface area contributed by atoms with Crippen molar-refractivity contribution in [2.24, 2.45) is 16.8 Å². The average molecular weight is 431 g/mol. The molecular formula is C22H30N4O5. The second-order valence-corrected chi connectivity index (χ2v) is 8.86. The van der Waals surface area contributed by atoms with Crippen molar-refractivity contribution in [1.82, 2.24) is 4.90 Å². The maximum absolute atomic E-state index is 12.5. The molecule has 2 heterocycles. The molecular weight excluding hydrogens is 400 g/mol. The van der Waals surface area contributed by atoms with Crippen LogP contribution in [0.4, 0.5) is 10.5 Å². The van der Waals surface area contributed by atoms with E-state index in [2.05, 4.69) is 5.10 Å². The highest BCUT2D eigenvalue weighted by atomic mass is 16.6. The molecule has 0 aliphatic carbocycles. The minimum atomic E-state index is -0.720. The van der Waals surface area contributed by atoms with E-state index in [0.29, 0.717) is 18.8 Å². The van der Waals surface area contributed by atoms with E-state index >= 15 is 0 Å². The van der Waals surface area contributed by atoms with Crippen LogP contribution in [-0.4, -0.2) is 59.9 Å². The molecule has 2 amide bonds. The number of hydrazone groups is 1. The second-order valence-electron chi connectivity index (χ2n) is 8.86. The van der Waals surface area contributed by atoms with E-state index in [-0.39, 0.29) is 30.8 Å². The third-order valence-electron chi connectivity index (χ3n) is 5.21. The van der Waals surface area contributed by atoms with Crippen LogP contribution in [-0.2, 0) is 19.1 Å². The number of anilines is 1. The number of benzene rings is 1. The van der Waals surface area contributed by atoms with Crippen LogP contribution in [0.1, 0.15) is 40.0 Å². The van der Waals surface area contributed by atoms with Crippen molar-refractivity contribution in [2.75, 3.05) is 24.7 Å². The number of primary amides is 1. The van der Waals surface area contributed by atoms with Gasteiger partial charge in [0.25, 0.3) is 0 Å². The van der Waals surface area contributed by atoms with Gasteiger partial charge in [0.05, 0.1) is 12.3 Å². The van der Waals surface area contributed by atoms with Gasteiger partial charge in [-0.25, -0.2) is 9.59 Å². The molecule has 0 saturated carbocycles. The molecule has 31 heavy (non-hydrogen) atoms. The Morgan fingerprint density at radius 2 is 1.77 bits per heavy atom. The van der Waals surface area contributed by atoms with Gasteiger partial charge < -0.3 is 20.1 Å². The Morgan fingerprint density at radius 1 is 1.13 bits per heavy atom. The molecule has 1 atom stereocenters. The first-order valence-corrected chi connectivity index (χ1v) is 10.5. The molecule has 2 aliphatic rings. The quantitative estimate of drug-likeness (QED) is 0.717. The van der Waals surface area contributed by atoms with Crippen molar-refractivity contribution < 1.29 is 23.9 Å². The molecule has 9 heteroatoms. The Kier molecular flexibility index (Phi) is 6.82. The van der Waals surface area contributed by atoms with Gasteiger partial charge in [-0.1, -0.05) is 18.2 Å². The van der Waals surface area contributed by atoms with E-state index in [9.17, 15) is 14.4 Å². The van der Waals surface area contributed by atoms with Gasteiger partial charge in [0, 0.05) is 19.5 Å². The molecule has 1 aromatic rings. The average Bonchev–Trinajstić information content (AvgIpc) is 3.18. The highest BCUT2D eigenvalue weighted by molar-refractivity contribution is 6.38. The SMILES string of the molecule is CC(C)(C)OC(=O)N1CCC(COC(=O)C2=NN(c3ccccc3)C(C(N)=O)C2)CC1. The van der Waals surface area contributed by atoms with E-state index in [1.54, 1.807) is 17.0 Å². The number of esters is 1. The number of ether oxygens (including phenoxy) is 2. The summed E-state index contributed by atoms with van der Waals surface area (Å²) in [5.41, 5.74) is 5.84. The standard InChI is InChI=1S/C22H30N4O5/c1-22(2,3)31-21(29)25-11-9-15(10-12-25)14-30-20(28)17-13-18(19(23)27)26(24-17)16-7-5-4-6-8-16/h4-8,15,18H,9-14H2,1-3H3,(H2,23,27). The summed E-state index contributed by atoms with van der Waals surface area (Å²) in [4.78, 5) is 38.2. The van der Waals surface area contributed by atoms with Crippen LogP contribution >= 0.6 is 0 Å². The Bertz CT molecular complexity index is 841. The monoisotopic (exact) mass is 430 g/mol. The fourth-order valence-corrected chi connectivity index (χ4v) is 3.56. The van der Waals surface area contributed by atoms with Gasteiger partial charge in [0.15, 0.2) is 0 Å². The predicted molar refractivity (Wildman–Crippen MR) is 115 cm³/mol. The number of carbonyl (C=O) groups is 3. The lowest BCUT2D eigenvalue weighted by atomic mass is 9.98. The largest absolute Gasteiger partial charge is 0.461 e. The van der Waals surface area contributed by atoms with Crippen molar-refractivity contribution >= 4 is 29.4 Å². The Balaban J connectivity index is 1.51. The molecule has 2 N–H and O–H groups in total. The molecule has 0 aromatic heterocycles. The topological polar surface area (TPSA) is 115 Å². The number of hydrogen-bond acceptors (Lipinski definition) is 7. The number of amides is 2. The Labute approximate surface area is 182 Å². The van der Waals surface area contributed by atoms with Crippen LogP contribution in [0, 0.1) is 5.92 Å². The smallest absolute Gasteiger partial charge is 0.410 e. The van der Waals surface area contributed by atoms with Crippen molar-refractivity contribution in [3.63, 3.8) is 0 Å². The first-order valence-electron chi connectivity index (χ1n) is 10.5. The van der Waals surface area contributed by atoms with E-state index in [1.807, 2.05) is 39.0 Å².